The Balaban J connectivity index is 2.25. The first-order valence-corrected chi connectivity index (χ1v) is 7.15. The van der Waals surface area contributed by atoms with Gasteiger partial charge in [0.25, 0.3) is 5.91 Å². The van der Waals surface area contributed by atoms with Crippen LogP contribution in [-0.2, 0) is 0 Å². The fourth-order valence-electron chi connectivity index (χ4n) is 3.05. The topological polar surface area (TPSA) is 32.3 Å². The van der Waals surface area contributed by atoms with Crippen LogP contribution in [0.5, 0.6) is 0 Å². The Bertz CT molecular complexity index is 460. The highest BCUT2D eigenvalue weighted by Gasteiger charge is 2.29. The summed E-state index contributed by atoms with van der Waals surface area (Å²) in [6.07, 6.45) is 3.46. The molecule has 1 fully saturated rings. The monoisotopic (exact) mass is 260 g/mol. The molecule has 1 N–H and O–H groups in total. The molecule has 0 saturated carbocycles. The van der Waals surface area contributed by atoms with Crippen LogP contribution in [0.15, 0.2) is 18.2 Å². The summed E-state index contributed by atoms with van der Waals surface area (Å²) in [5.41, 5.74) is 3.00. The van der Waals surface area contributed by atoms with E-state index in [1.54, 1.807) is 0 Å². The standard InChI is InChI=1S/C16H24N2O/c1-11-10-14(8-9-15(11)17-4)16(19)18-12(2)6-5-7-13(18)3/h8-10,12-13,17H,5-7H2,1-4H3/t12-,13+. The molecule has 1 aliphatic heterocycles. The van der Waals surface area contributed by atoms with Crippen LogP contribution in [0, 0.1) is 6.92 Å². The number of anilines is 1. The molecule has 3 heteroatoms. The van der Waals surface area contributed by atoms with Gasteiger partial charge in [-0.2, -0.15) is 0 Å². The molecule has 19 heavy (non-hydrogen) atoms. The van der Waals surface area contributed by atoms with Crippen molar-refractivity contribution in [3.63, 3.8) is 0 Å². The second kappa shape index (κ2) is 5.64. The van der Waals surface area contributed by atoms with Gasteiger partial charge < -0.3 is 10.2 Å². The van der Waals surface area contributed by atoms with Gasteiger partial charge in [0, 0.05) is 30.4 Å². The summed E-state index contributed by atoms with van der Waals surface area (Å²) < 4.78 is 0. The van der Waals surface area contributed by atoms with Crippen LogP contribution < -0.4 is 5.32 Å². The van der Waals surface area contributed by atoms with Crippen molar-refractivity contribution >= 4 is 11.6 Å². The van der Waals surface area contributed by atoms with Crippen molar-refractivity contribution in [1.82, 2.24) is 4.90 Å². The number of nitrogens with zero attached hydrogens (tertiary/aromatic N) is 1. The zero-order chi connectivity index (χ0) is 14.0. The van der Waals surface area contributed by atoms with Gasteiger partial charge in [0.15, 0.2) is 0 Å². The number of benzene rings is 1. The van der Waals surface area contributed by atoms with Gasteiger partial charge in [0.2, 0.25) is 0 Å². The number of carbonyl (C=O) groups is 1. The van der Waals surface area contributed by atoms with Crippen LogP contribution in [0.3, 0.4) is 0 Å². The Morgan fingerprint density at radius 3 is 2.42 bits per heavy atom. The summed E-state index contributed by atoms with van der Waals surface area (Å²) in [6, 6.07) is 6.60. The maximum absolute atomic E-state index is 12.7. The van der Waals surface area contributed by atoms with Crippen molar-refractivity contribution in [2.45, 2.75) is 52.1 Å². The first kappa shape index (κ1) is 13.9. The molecule has 0 aromatic heterocycles. The molecule has 1 saturated heterocycles. The van der Waals surface area contributed by atoms with Crippen LogP contribution in [0.4, 0.5) is 5.69 Å². The molecular weight excluding hydrogens is 236 g/mol. The molecule has 104 valence electrons. The maximum Gasteiger partial charge on any atom is 0.254 e. The first-order chi connectivity index (χ1) is 9.04. The highest BCUT2D eigenvalue weighted by Crippen LogP contribution is 2.25. The summed E-state index contributed by atoms with van der Waals surface area (Å²) in [5.74, 6) is 0.172. The molecule has 3 nitrogen and oxygen atoms in total. The van der Waals surface area contributed by atoms with Gasteiger partial charge in [-0.3, -0.25) is 4.79 Å². The molecule has 2 atom stereocenters. The fraction of sp³-hybridized carbons (Fsp3) is 0.562. The Morgan fingerprint density at radius 2 is 1.89 bits per heavy atom. The van der Waals surface area contributed by atoms with E-state index in [4.69, 9.17) is 0 Å². The number of hydrogen-bond donors (Lipinski definition) is 1. The molecule has 0 bridgehead atoms. The third-order valence-electron chi connectivity index (χ3n) is 4.17. The number of piperidine rings is 1. The van der Waals surface area contributed by atoms with Gasteiger partial charge in [0.05, 0.1) is 0 Å². The normalized spacial score (nSPS) is 23.3. The van der Waals surface area contributed by atoms with Crippen molar-refractivity contribution in [3.05, 3.63) is 29.3 Å². The van der Waals surface area contributed by atoms with Crippen LogP contribution in [0.1, 0.15) is 49.0 Å². The van der Waals surface area contributed by atoms with E-state index < -0.39 is 0 Å². The Labute approximate surface area is 116 Å². The smallest absolute Gasteiger partial charge is 0.254 e. The third kappa shape index (κ3) is 2.75. The average Bonchev–Trinajstić information content (AvgIpc) is 2.38. The van der Waals surface area contributed by atoms with E-state index in [1.165, 1.54) is 6.42 Å². The molecule has 1 aromatic carbocycles. The molecule has 1 amide bonds. The number of hydrogen-bond acceptors (Lipinski definition) is 2. The lowest BCUT2D eigenvalue weighted by atomic mass is 9.96. The van der Waals surface area contributed by atoms with E-state index in [0.717, 1.165) is 29.7 Å². The van der Waals surface area contributed by atoms with E-state index in [9.17, 15) is 4.79 Å². The second-order valence-corrected chi connectivity index (χ2v) is 5.62. The summed E-state index contributed by atoms with van der Waals surface area (Å²) >= 11 is 0. The minimum Gasteiger partial charge on any atom is -0.388 e. The SMILES string of the molecule is CNc1ccc(C(=O)N2[C@H](C)CCC[C@@H]2C)cc1C. The van der Waals surface area contributed by atoms with Crippen molar-refractivity contribution in [2.75, 3.05) is 12.4 Å². The van der Waals surface area contributed by atoms with E-state index in [2.05, 4.69) is 24.1 Å². The molecular formula is C16H24N2O. The molecule has 0 aliphatic carbocycles. The van der Waals surface area contributed by atoms with E-state index >= 15 is 0 Å². The lowest BCUT2D eigenvalue weighted by molar-refractivity contribution is 0.0510. The number of carbonyl (C=O) groups excluding carboxylic acids is 1. The van der Waals surface area contributed by atoms with Crippen LogP contribution in [-0.4, -0.2) is 29.9 Å². The lowest BCUT2D eigenvalue weighted by Gasteiger charge is -2.39. The molecule has 1 aliphatic rings. The molecule has 1 heterocycles. The predicted octanol–water partition coefficient (Wildman–Crippen LogP) is 3.44. The average molecular weight is 260 g/mol. The van der Waals surface area contributed by atoms with Crippen molar-refractivity contribution < 1.29 is 4.79 Å². The minimum atomic E-state index is 0.172. The zero-order valence-corrected chi connectivity index (χ0v) is 12.4. The highest BCUT2D eigenvalue weighted by molar-refractivity contribution is 5.95. The van der Waals surface area contributed by atoms with Gasteiger partial charge in [-0.15, -0.1) is 0 Å². The Kier molecular flexibility index (Phi) is 4.13. The van der Waals surface area contributed by atoms with E-state index in [-0.39, 0.29) is 5.91 Å². The van der Waals surface area contributed by atoms with Crippen molar-refractivity contribution in [1.29, 1.82) is 0 Å². The lowest BCUT2D eigenvalue weighted by Crippen LogP contribution is -2.47. The molecule has 1 aromatic rings. The molecule has 2 rings (SSSR count). The van der Waals surface area contributed by atoms with Gasteiger partial charge in [-0.25, -0.2) is 0 Å². The van der Waals surface area contributed by atoms with Gasteiger partial charge in [-0.1, -0.05) is 0 Å². The number of amides is 1. The Morgan fingerprint density at radius 1 is 1.26 bits per heavy atom. The predicted molar refractivity (Wildman–Crippen MR) is 79.7 cm³/mol. The number of aryl methyl sites for hydroxylation is 1. The Hall–Kier alpha value is -1.51. The molecule has 0 unspecified atom stereocenters. The second-order valence-electron chi connectivity index (χ2n) is 5.62. The number of nitrogens with one attached hydrogen (secondary N) is 1. The summed E-state index contributed by atoms with van der Waals surface area (Å²) in [4.78, 5) is 14.7. The van der Waals surface area contributed by atoms with Crippen molar-refractivity contribution in [2.24, 2.45) is 0 Å². The minimum absolute atomic E-state index is 0.172. The largest absolute Gasteiger partial charge is 0.388 e. The first-order valence-electron chi connectivity index (χ1n) is 7.15. The zero-order valence-electron chi connectivity index (χ0n) is 12.4. The quantitative estimate of drug-likeness (QED) is 0.883. The summed E-state index contributed by atoms with van der Waals surface area (Å²) in [5, 5.41) is 3.13. The third-order valence-corrected chi connectivity index (χ3v) is 4.17. The van der Waals surface area contributed by atoms with Gasteiger partial charge in [-0.05, 0) is 63.8 Å². The molecule has 0 spiro atoms. The summed E-state index contributed by atoms with van der Waals surface area (Å²) in [6.45, 7) is 6.34. The highest BCUT2D eigenvalue weighted by atomic mass is 16.2. The fourth-order valence-corrected chi connectivity index (χ4v) is 3.05. The van der Waals surface area contributed by atoms with Gasteiger partial charge in [0.1, 0.15) is 0 Å². The van der Waals surface area contributed by atoms with E-state index in [1.807, 2.05) is 32.2 Å². The number of likely N-dealkylation sites (tertiary alicyclic amines) is 1. The maximum atomic E-state index is 12.7. The van der Waals surface area contributed by atoms with Crippen LogP contribution in [0.25, 0.3) is 0 Å². The van der Waals surface area contributed by atoms with Crippen molar-refractivity contribution in [3.8, 4) is 0 Å². The molecule has 0 radical (unpaired) electrons. The van der Waals surface area contributed by atoms with Crippen LogP contribution >= 0.6 is 0 Å². The van der Waals surface area contributed by atoms with E-state index in [0.29, 0.717) is 12.1 Å². The van der Waals surface area contributed by atoms with Crippen LogP contribution in [0.2, 0.25) is 0 Å². The number of rotatable bonds is 2. The summed E-state index contributed by atoms with van der Waals surface area (Å²) in [7, 11) is 1.90. The van der Waals surface area contributed by atoms with Gasteiger partial charge >= 0.3 is 0 Å².